The van der Waals surface area contributed by atoms with Gasteiger partial charge in [0.25, 0.3) is 0 Å². The van der Waals surface area contributed by atoms with Crippen LogP contribution in [0.25, 0.3) is 0 Å². The van der Waals surface area contributed by atoms with E-state index in [-0.39, 0.29) is 12.3 Å². The van der Waals surface area contributed by atoms with E-state index in [1.54, 1.807) is 43.1 Å². The van der Waals surface area contributed by atoms with Gasteiger partial charge in [-0.05, 0) is 35.6 Å². The van der Waals surface area contributed by atoms with Gasteiger partial charge in [0.15, 0.2) is 0 Å². The quantitative estimate of drug-likeness (QED) is 0.682. The summed E-state index contributed by atoms with van der Waals surface area (Å²) in [4.78, 5) is 23.0. The lowest BCUT2D eigenvalue weighted by Gasteiger charge is -2.14. The summed E-state index contributed by atoms with van der Waals surface area (Å²) in [5.41, 5.74) is 0.820. The molecule has 0 radical (unpaired) electrons. The summed E-state index contributed by atoms with van der Waals surface area (Å²) in [5, 5.41) is 11.7. The second kappa shape index (κ2) is 9.28. The number of carbonyl (C=O) groups excluding carboxylic acids is 1. The first kappa shape index (κ1) is 17.4. The maximum absolute atomic E-state index is 11.9. The third-order valence-corrected chi connectivity index (χ3v) is 3.84. The minimum atomic E-state index is -0.991. The van der Waals surface area contributed by atoms with Crippen LogP contribution in [-0.2, 0) is 16.0 Å². The normalized spacial score (nSPS) is 11.7. The van der Waals surface area contributed by atoms with E-state index in [4.69, 9.17) is 9.84 Å². The predicted octanol–water partition coefficient (Wildman–Crippen LogP) is 1.95. The summed E-state index contributed by atoms with van der Waals surface area (Å²) in [6, 6.07) is 6.31. The molecule has 0 aliphatic carbocycles. The largest absolute Gasteiger partial charge is 0.497 e. The van der Waals surface area contributed by atoms with Gasteiger partial charge >= 0.3 is 5.97 Å². The number of benzene rings is 1. The number of methoxy groups -OCH3 is 1. The summed E-state index contributed by atoms with van der Waals surface area (Å²) in [6.07, 6.45) is 0.594. The monoisotopic (exact) mass is 311 g/mol. The van der Waals surface area contributed by atoms with Gasteiger partial charge < -0.3 is 15.2 Å². The molecular formula is C15H21NO4S. The molecule has 0 aliphatic rings. The van der Waals surface area contributed by atoms with Crippen LogP contribution in [0.15, 0.2) is 24.3 Å². The zero-order valence-electron chi connectivity index (χ0n) is 12.3. The molecule has 0 fully saturated rings. The van der Waals surface area contributed by atoms with E-state index in [0.717, 1.165) is 22.8 Å². The molecule has 1 aromatic rings. The minimum absolute atomic E-state index is 0.161. The number of hydrogen-bond donors (Lipinski definition) is 2. The Morgan fingerprint density at radius 1 is 1.33 bits per heavy atom. The Morgan fingerprint density at radius 3 is 2.52 bits per heavy atom. The second-order valence-electron chi connectivity index (χ2n) is 4.47. The lowest BCUT2D eigenvalue weighted by atomic mass is 10.1. The van der Waals surface area contributed by atoms with E-state index in [1.165, 1.54) is 0 Å². The van der Waals surface area contributed by atoms with Crippen molar-refractivity contribution in [2.24, 2.45) is 0 Å². The molecule has 0 aliphatic heterocycles. The highest BCUT2D eigenvalue weighted by atomic mass is 32.2. The molecule has 1 amide bonds. The fraction of sp³-hybridized carbons (Fsp3) is 0.467. The van der Waals surface area contributed by atoms with Crippen LogP contribution in [-0.4, -0.2) is 41.6 Å². The van der Waals surface area contributed by atoms with Gasteiger partial charge in [0.05, 0.1) is 13.5 Å². The molecule has 0 bridgehead atoms. The van der Waals surface area contributed by atoms with Gasteiger partial charge in [0.2, 0.25) is 5.91 Å². The average molecular weight is 311 g/mol. The van der Waals surface area contributed by atoms with Crippen molar-refractivity contribution in [3.05, 3.63) is 29.8 Å². The molecule has 1 atom stereocenters. The fourth-order valence-electron chi connectivity index (χ4n) is 1.78. The molecule has 1 rings (SSSR count). The molecule has 2 N–H and O–H groups in total. The van der Waals surface area contributed by atoms with Crippen LogP contribution >= 0.6 is 11.8 Å². The summed E-state index contributed by atoms with van der Waals surface area (Å²) in [6.45, 7) is 2.02. The van der Waals surface area contributed by atoms with Crippen molar-refractivity contribution in [2.45, 2.75) is 25.8 Å². The first-order valence-electron chi connectivity index (χ1n) is 6.79. The smallest absolute Gasteiger partial charge is 0.326 e. The molecule has 116 valence electrons. The molecule has 0 heterocycles. The number of ether oxygens (including phenoxy) is 1. The Hall–Kier alpha value is -1.69. The Balaban J connectivity index is 2.50. The van der Waals surface area contributed by atoms with Crippen molar-refractivity contribution in [3.63, 3.8) is 0 Å². The van der Waals surface area contributed by atoms with E-state index in [1.807, 2.05) is 6.92 Å². The van der Waals surface area contributed by atoms with Crippen molar-refractivity contribution in [3.8, 4) is 5.75 Å². The molecule has 1 unspecified atom stereocenters. The Labute approximate surface area is 129 Å². The lowest BCUT2D eigenvalue weighted by Crippen LogP contribution is -2.41. The molecule has 0 saturated carbocycles. The lowest BCUT2D eigenvalue weighted by molar-refractivity contribution is -0.141. The Kier molecular flexibility index (Phi) is 7.68. The molecular weight excluding hydrogens is 290 g/mol. The third kappa shape index (κ3) is 6.53. The molecule has 0 spiro atoms. The highest BCUT2D eigenvalue weighted by Crippen LogP contribution is 2.12. The van der Waals surface area contributed by atoms with Crippen LogP contribution < -0.4 is 10.1 Å². The number of carboxylic acid groups (broad SMARTS) is 1. The van der Waals surface area contributed by atoms with Gasteiger partial charge in [0, 0.05) is 0 Å². The van der Waals surface area contributed by atoms with Gasteiger partial charge in [0.1, 0.15) is 11.8 Å². The number of amides is 1. The molecule has 0 saturated heterocycles. The fourth-order valence-corrected chi connectivity index (χ4v) is 2.47. The molecule has 21 heavy (non-hydrogen) atoms. The first-order chi connectivity index (χ1) is 10.1. The summed E-state index contributed by atoms with van der Waals surface area (Å²) in [5.74, 6) is 1.10. The van der Waals surface area contributed by atoms with Gasteiger partial charge in [-0.2, -0.15) is 11.8 Å². The van der Waals surface area contributed by atoms with Crippen LogP contribution in [0.4, 0.5) is 0 Å². The van der Waals surface area contributed by atoms with Crippen molar-refractivity contribution in [1.82, 2.24) is 5.32 Å². The molecule has 0 aromatic heterocycles. The number of carboxylic acids is 1. The van der Waals surface area contributed by atoms with Crippen LogP contribution in [0.1, 0.15) is 18.9 Å². The van der Waals surface area contributed by atoms with E-state index >= 15 is 0 Å². The summed E-state index contributed by atoms with van der Waals surface area (Å²) in [7, 11) is 1.58. The van der Waals surface area contributed by atoms with Crippen LogP contribution in [0, 0.1) is 0 Å². The Bertz CT molecular complexity index is 461. The predicted molar refractivity (Wildman–Crippen MR) is 83.9 cm³/mol. The zero-order chi connectivity index (χ0) is 15.7. The van der Waals surface area contributed by atoms with E-state index in [2.05, 4.69) is 5.32 Å². The van der Waals surface area contributed by atoms with Crippen LogP contribution in [0.5, 0.6) is 5.75 Å². The number of aliphatic carboxylic acids is 1. The second-order valence-corrected chi connectivity index (χ2v) is 5.86. The summed E-state index contributed by atoms with van der Waals surface area (Å²) < 4.78 is 5.04. The molecule has 6 heteroatoms. The van der Waals surface area contributed by atoms with Gasteiger partial charge in [-0.3, -0.25) is 4.79 Å². The van der Waals surface area contributed by atoms with Crippen LogP contribution in [0.2, 0.25) is 0 Å². The third-order valence-electron chi connectivity index (χ3n) is 2.91. The van der Waals surface area contributed by atoms with Crippen molar-refractivity contribution in [2.75, 3.05) is 18.6 Å². The topological polar surface area (TPSA) is 75.6 Å². The number of carbonyl (C=O) groups is 2. The Morgan fingerprint density at radius 2 is 2.00 bits per heavy atom. The number of nitrogens with one attached hydrogen (secondary N) is 1. The highest BCUT2D eigenvalue weighted by molar-refractivity contribution is 7.99. The highest BCUT2D eigenvalue weighted by Gasteiger charge is 2.19. The summed E-state index contributed by atoms with van der Waals surface area (Å²) >= 11 is 1.66. The van der Waals surface area contributed by atoms with E-state index in [0.29, 0.717) is 6.42 Å². The van der Waals surface area contributed by atoms with Crippen LogP contribution in [0.3, 0.4) is 0 Å². The van der Waals surface area contributed by atoms with Crippen molar-refractivity contribution < 1.29 is 19.4 Å². The van der Waals surface area contributed by atoms with Gasteiger partial charge in [-0.25, -0.2) is 4.79 Å². The molecule has 5 nitrogen and oxygen atoms in total. The van der Waals surface area contributed by atoms with Gasteiger partial charge in [-0.1, -0.05) is 19.1 Å². The van der Waals surface area contributed by atoms with Crippen molar-refractivity contribution in [1.29, 1.82) is 0 Å². The van der Waals surface area contributed by atoms with Crippen molar-refractivity contribution >= 4 is 23.6 Å². The van der Waals surface area contributed by atoms with E-state index < -0.39 is 12.0 Å². The SMILES string of the molecule is CCSCCC(NC(=O)Cc1ccc(OC)cc1)C(=O)O. The maximum Gasteiger partial charge on any atom is 0.326 e. The maximum atomic E-state index is 11.9. The van der Waals surface area contributed by atoms with Gasteiger partial charge in [-0.15, -0.1) is 0 Å². The van der Waals surface area contributed by atoms with E-state index in [9.17, 15) is 9.59 Å². The number of rotatable bonds is 9. The zero-order valence-corrected chi connectivity index (χ0v) is 13.1. The number of thioether (sulfide) groups is 1. The average Bonchev–Trinajstić information content (AvgIpc) is 2.47. The standard InChI is InChI=1S/C15H21NO4S/c1-3-21-9-8-13(15(18)19)16-14(17)10-11-4-6-12(20-2)7-5-11/h4-7,13H,3,8-10H2,1-2H3,(H,16,17)(H,18,19). The first-order valence-corrected chi connectivity index (χ1v) is 7.95. The minimum Gasteiger partial charge on any atom is -0.497 e. The number of hydrogen-bond acceptors (Lipinski definition) is 4. The molecule has 1 aromatic carbocycles.